The molecule has 0 N–H and O–H groups in total. The Morgan fingerprint density at radius 1 is 1.10 bits per heavy atom. The summed E-state index contributed by atoms with van der Waals surface area (Å²) in [6, 6.07) is 9.37. The third-order valence-electron chi connectivity index (χ3n) is 0.994. The Labute approximate surface area is 69.0 Å². The molecule has 10 heavy (non-hydrogen) atoms. The fourth-order valence-corrected chi connectivity index (χ4v) is 4.61. The topological polar surface area (TPSA) is 34.1 Å². The fraction of sp³-hybridized carbons (Fsp3) is 0. The van der Waals surface area contributed by atoms with Gasteiger partial charge >= 0.3 is 69.0 Å². The normalized spacial score (nSPS) is 9.20. The standard InChI is InChI=1S/C6H5.O2P.Sn/c1-2-4-6-5-3-1;1-3-2;/h1-5H;;. The van der Waals surface area contributed by atoms with Crippen molar-refractivity contribution in [3.05, 3.63) is 30.3 Å². The van der Waals surface area contributed by atoms with Crippen LogP contribution in [-0.2, 0) is 9.13 Å². The summed E-state index contributed by atoms with van der Waals surface area (Å²) in [5.41, 5.74) is 0. The Morgan fingerprint density at radius 2 is 1.70 bits per heavy atom. The molecule has 0 saturated heterocycles. The van der Waals surface area contributed by atoms with Gasteiger partial charge in [0.1, 0.15) is 0 Å². The van der Waals surface area contributed by atoms with Gasteiger partial charge < -0.3 is 0 Å². The van der Waals surface area contributed by atoms with Crippen LogP contribution in [0.4, 0.5) is 0 Å². The molecule has 1 rings (SSSR count). The van der Waals surface area contributed by atoms with E-state index in [1.165, 1.54) is 0 Å². The van der Waals surface area contributed by atoms with Gasteiger partial charge in [0.25, 0.3) is 0 Å². The van der Waals surface area contributed by atoms with Gasteiger partial charge in [0.2, 0.25) is 0 Å². The van der Waals surface area contributed by atoms with Crippen LogP contribution in [0.25, 0.3) is 0 Å². The number of hydrogen-bond acceptors (Lipinski definition) is 2. The van der Waals surface area contributed by atoms with E-state index in [4.69, 9.17) is 0 Å². The van der Waals surface area contributed by atoms with Crippen molar-refractivity contribution in [2.24, 2.45) is 0 Å². The van der Waals surface area contributed by atoms with Crippen LogP contribution in [0.1, 0.15) is 0 Å². The van der Waals surface area contributed by atoms with Crippen LogP contribution in [0.2, 0.25) is 0 Å². The maximum atomic E-state index is 10.3. The Hall–Kier alpha value is -0.0813. The molecule has 0 atom stereocenters. The molecule has 0 aliphatic carbocycles. The van der Waals surface area contributed by atoms with Crippen molar-refractivity contribution in [2.75, 3.05) is 0 Å². The van der Waals surface area contributed by atoms with E-state index in [2.05, 4.69) is 0 Å². The Kier molecular flexibility index (Phi) is 3.16. The molecule has 0 aliphatic rings. The molecule has 0 unspecified atom stereocenters. The zero-order valence-electron chi connectivity index (χ0n) is 5.15. The molecule has 0 heterocycles. The molecule has 0 spiro atoms. The van der Waals surface area contributed by atoms with Crippen LogP contribution in [-0.4, -0.2) is 20.6 Å². The van der Waals surface area contributed by atoms with Gasteiger partial charge in [0, 0.05) is 0 Å². The van der Waals surface area contributed by atoms with E-state index in [9.17, 15) is 9.13 Å². The zero-order valence-corrected chi connectivity index (χ0v) is 8.90. The monoisotopic (exact) mass is 260 g/mol. The molecule has 4 heteroatoms. The summed E-state index contributed by atoms with van der Waals surface area (Å²) >= 11 is -1.29. The van der Waals surface area contributed by atoms with E-state index in [0.717, 1.165) is 3.58 Å². The van der Waals surface area contributed by atoms with Crippen molar-refractivity contribution in [3.63, 3.8) is 0 Å². The number of hydrogen-bond donors (Lipinski definition) is 0. The number of rotatable bonds is 2. The molecule has 0 aliphatic heterocycles. The molecule has 0 bridgehead atoms. The van der Waals surface area contributed by atoms with Crippen LogP contribution in [0.3, 0.4) is 0 Å². The quantitative estimate of drug-likeness (QED) is 0.588. The number of benzene rings is 1. The van der Waals surface area contributed by atoms with Crippen molar-refractivity contribution in [1.29, 1.82) is 0 Å². The van der Waals surface area contributed by atoms with E-state index in [1.54, 1.807) is 0 Å². The van der Waals surface area contributed by atoms with Gasteiger partial charge in [-0.15, -0.1) is 0 Å². The summed E-state index contributed by atoms with van der Waals surface area (Å²) in [5, 5.41) is -2.11. The Bertz CT molecular complexity index is 260. The second-order valence-electron chi connectivity index (χ2n) is 1.73. The SMILES string of the molecule is O=[P](=O)[Sn][c]1ccccc1. The first-order valence-corrected chi connectivity index (χ1v) is 9.18. The van der Waals surface area contributed by atoms with Crippen molar-refractivity contribution in [1.82, 2.24) is 0 Å². The average Bonchev–Trinajstić information content (AvgIpc) is 1.88. The molecule has 2 nitrogen and oxygen atoms in total. The summed E-state index contributed by atoms with van der Waals surface area (Å²) in [6.45, 7) is 0. The summed E-state index contributed by atoms with van der Waals surface area (Å²) in [7, 11) is 0. The molecule has 0 fully saturated rings. The molecular formula is C6H5O2PSn. The molecular weight excluding hydrogens is 254 g/mol. The van der Waals surface area contributed by atoms with E-state index in [1.807, 2.05) is 30.3 Å². The maximum absolute atomic E-state index is 10.3. The summed E-state index contributed by atoms with van der Waals surface area (Å²) in [5.74, 6) is 0. The molecule has 50 valence electrons. The first-order chi connectivity index (χ1) is 4.79. The zero-order chi connectivity index (χ0) is 7.40. The van der Waals surface area contributed by atoms with Gasteiger partial charge in [-0.1, -0.05) is 0 Å². The fourth-order valence-electron chi connectivity index (χ4n) is 0.618. The molecule has 0 amide bonds. The summed E-state index contributed by atoms with van der Waals surface area (Å²) < 4.78 is 21.6. The van der Waals surface area contributed by atoms with Crippen LogP contribution in [0, 0.1) is 0 Å². The third-order valence-corrected chi connectivity index (χ3v) is 6.16. The second kappa shape index (κ2) is 3.94. The molecule has 1 aromatic rings. The van der Waals surface area contributed by atoms with Crippen LogP contribution in [0.5, 0.6) is 0 Å². The van der Waals surface area contributed by atoms with Gasteiger partial charge in [-0.25, -0.2) is 0 Å². The molecule has 2 radical (unpaired) electrons. The van der Waals surface area contributed by atoms with Gasteiger partial charge in [-0.05, 0) is 0 Å². The van der Waals surface area contributed by atoms with E-state index in [0.29, 0.717) is 0 Å². The third kappa shape index (κ3) is 2.67. The summed E-state index contributed by atoms with van der Waals surface area (Å²) in [4.78, 5) is 0. The first kappa shape index (κ1) is 8.02. The molecule has 0 saturated carbocycles. The average molecular weight is 259 g/mol. The van der Waals surface area contributed by atoms with Crippen molar-refractivity contribution in [3.8, 4) is 0 Å². The minimum atomic E-state index is -2.11. The van der Waals surface area contributed by atoms with Gasteiger partial charge in [-0.3, -0.25) is 0 Å². The predicted molar refractivity (Wildman–Crippen MR) is 40.1 cm³/mol. The molecule has 1 aromatic carbocycles. The van der Waals surface area contributed by atoms with E-state index < -0.39 is 25.9 Å². The van der Waals surface area contributed by atoms with Crippen molar-refractivity contribution < 1.29 is 9.13 Å². The van der Waals surface area contributed by atoms with E-state index >= 15 is 0 Å². The second-order valence-corrected chi connectivity index (χ2v) is 9.16. The molecule has 0 aromatic heterocycles. The predicted octanol–water partition coefficient (Wildman–Crippen LogP) is 1.10. The van der Waals surface area contributed by atoms with Gasteiger partial charge in [0.05, 0.1) is 0 Å². The van der Waals surface area contributed by atoms with Crippen molar-refractivity contribution >= 4 is 29.5 Å². The van der Waals surface area contributed by atoms with Gasteiger partial charge in [0.15, 0.2) is 0 Å². The minimum absolute atomic E-state index is 1.02. The van der Waals surface area contributed by atoms with Crippen LogP contribution < -0.4 is 3.58 Å². The van der Waals surface area contributed by atoms with Crippen LogP contribution >= 0.6 is 5.33 Å². The van der Waals surface area contributed by atoms with Crippen LogP contribution in [0.15, 0.2) is 30.3 Å². The summed E-state index contributed by atoms with van der Waals surface area (Å²) in [6.07, 6.45) is 0. The van der Waals surface area contributed by atoms with Gasteiger partial charge in [-0.2, -0.15) is 0 Å². The van der Waals surface area contributed by atoms with E-state index in [-0.39, 0.29) is 0 Å². The first-order valence-electron chi connectivity index (χ1n) is 2.75. The Morgan fingerprint density at radius 3 is 2.20 bits per heavy atom. The Balaban J connectivity index is 2.77. The van der Waals surface area contributed by atoms with Crippen molar-refractivity contribution in [2.45, 2.75) is 0 Å².